The van der Waals surface area contributed by atoms with E-state index in [0.717, 1.165) is 0 Å². The molecule has 0 atom stereocenters. The molecule has 0 aliphatic rings. The van der Waals surface area contributed by atoms with E-state index in [1.807, 2.05) is 0 Å². The molecule has 0 fully saturated rings. The minimum atomic E-state index is -3.34. The first kappa shape index (κ1) is 15.5. The average molecular weight is 286 g/mol. The minimum absolute atomic E-state index is 0.0167. The van der Waals surface area contributed by atoms with Gasteiger partial charge in [0.1, 0.15) is 5.75 Å². The van der Waals surface area contributed by atoms with Crippen molar-refractivity contribution in [3.05, 3.63) is 29.3 Å². The average Bonchev–Trinajstić information content (AvgIpc) is 2.32. The van der Waals surface area contributed by atoms with E-state index in [9.17, 15) is 18.3 Å². The summed E-state index contributed by atoms with van der Waals surface area (Å²) < 4.78 is 25.0. The van der Waals surface area contributed by atoms with Crippen LogP contribution < -0.4 is 10.0 Å². The van der Waals surface area contributed by atoms with E-state index < -0.39 is 15.9 Å². The maximum absolute atomic E-state index is 11.7. The largest absolute Gasteiger partial charge is 0.508 e. The van der Waals surface area contributed by atoms with Crippen LogP contribution in [0.4, 0.5) is 0 Å². The first-order valence-corrected chi connectivity index (χ1v) is 7.56. The third-order valence-electron chi connectivity index (χ3n) is 2.49. The Kier molecular flexibility index (Phi) is 5.31. The van der Waals surface area contributed by atoms with Crippen molar-refractivity contribution in [2.45, 2.75) is 13.8 Å². The van der Waals surface area contributed by atoms with Crippen LogP contribution in [-0.4, -0.2) is 38.3 Å². The lowest BCUT2D eigenvalue weighted by molar-refractivity contribution is 0.0955. The van der Waals surface area contributed by atoms with Gasteiger partial charge in [0.25, 0.3) is 5.91 Å². The van der Waals surface area contributed by atoms with Crippen molar-refractivity contribution >= 4 is 15.9 Å². The fourth-order valence-electron chi connectivity index (χ4n) is 1.44. The highest BCUT2D eigenvalue weighted by Crippen LogP contribution is 2.17. The number of sulfonamides is 1. The second-order valence-electron chi connectivity index (χ2n) is 4.07. The first-order chi connectivity index (χ1) is 8.85. The summed E-state index contributed by atoms with van der Waals surface area (Å²) in [6.45, 7) is 3.75. The number of phenols is 1. The number of phenolic OH excluding ortho intramolecular Hbond substituents is 1. The zero-order chi connectivity index (χ0) is 14.5. The summed E-state index contributed by atoms with van der Waals surface area (Å²) in [7, 11) is -3.34. The number of amides is 1. The van der Waals surface area contributed by atoms with Gasteiger partial charge in [-0.25, -0.2) is 13.1 Å². The van der Waals surface area contributed by atoms with Crippen molar-refractivity contribution in [2.75, 3.05) is 18.8 Å². The summed E-state index contributed by atoms with van der Waals surface area (Å²) in [5.74, 6) is -0.556. The predicted molar refractivity (Wildman–Crippen MR) is 72.6 cm³/mol. The van der Waals surface area contributed by atoms with Gasteiger partial charge in [-0.2, -0.15) is 0 Å². The zero-order valence-corrected chi connectivity index (χ0v) is 11.8. The van der Waals surface area contributed by atoms with E-state index in [1.165, 1.54) is 6.07 Å². The van der Waals surface area contributed by atoms with Crippen LogP contribution in [0, 0.1) is 6.92 Å². The maximum Gasteiger partial charge on any atom is 0.251 e. The lowest BCUT2D eigenvalue weighted by atomic mass is 10.1. The van der Waals surface area contributed by atoms with Gasteiger partial charge < -0.3 is 10.4 Å². The fraction of sp³-hybridized carbons (Fsp3) is 0.417. The van der Waals surface area contributed by atoms with E-state index in [2.05, 4.69) is 10.0 Å². The molecular weight excluding hydrogens is 268 g/mol. The van der Waals surface area contributed by atoms with Crippen LogP contribution in [0.3, 0.4) is 0 Å². The van der Waals surface area contributed by atoms with Gasteiger partial charge in [0.05, 0.1) is 5.75 Å². The first-order valence-electron chi connectivity index (χ1n) is 5.91. The van der Waals surface area contributed by atoms with Crippen LogP contribution in [0.5, 0.6) is 5.75 Å². The SMILES string of the molecule is CCNS(=O)(=O)CCNC(=O)c1ccc(C)c(O)c1. The quantitative estimate of drug-likeness (QED) is 0.704. The molecule has 0 bridgehead atoms. The number of hydrogen-bond acceptors (Lipinski definition) is 4. The van der Waals surface area contributed by atoms with Crippen molar-refractivity contribution in [2.24, 2.45) is 0 Å². The van der Waals surface area contributed by atoms with E-state index >= 15 is 0 Å². The molecule has 0 aliphatic carbocycles. The van der Waals surface area contributed by atoms with Gasteiger partial charge in [-0.15, -0.1) is 0 Å². The summed E-state index contributed by atoms with van der Waals surface area (Å²) >= 11 is 0. The normalized spacial score (nSPS) is 11.3. The molecule has 0 spiro atoms. The second kappa shape index (κ2) is 6.53. The molecule has 19 heavy (non-hydrogen) atoms. The number of benzene rings is 1. The molecule has 106 valence electrons. The third kappa shape index (κ3) is 4.88. The van der Waals surface area contributed by atoms with Gasteiger partial charge in [-0.3, -0.25) is 4.79 Å². The minimum Gasteiger partial charge on any atom is -0.508 e. The molecule has 3 N–H and O–H groups in total. The van der Waals surface area contributed by atoms with Gasteiger partial charge in [0.15, 0.2) is 0 Å². The Hall–Kier alpha value is -1.60. The second-order valence-corrected chi connectivity index (χ2v) is 6.00. The number of carbonyl (C=O) groups is 1. The molecule has 0 unspecified atom stereocenters. The van der Waals surface area contributed by atoms with Crippen LogP contribution >= 0.6 is 0 Å². The van der Waals surface area contributed by atoms with Crippen LogP contribution in [0.1, 0.15) is 22.8 Å². The van der Waals surface area contributed by atoms with Gasteiger partial charge in [-0.1, -0.05) is 13.0 Å². The highest BCUT2D eigenvalue weighted by Gasteiger charge is 2.11. The Morgan fingerprint density at radius 3 is 2.63 bits per heavy atom. The Morgan fingerprint density at radius 2 is 2.05 bits per heavy atom. The molecule has 1 rings (SSSR count). The van der Waals surface area contributed by atoms with Crippen molar-refractivity contribution in [1.82, 2.24) is 10.0 Å². The maximum atomic E-state index is 11.7. The predicted octanol–water partition coefficient (Wildman–Crippen LogP) is 0.370. The van der Waals surface area contributed by atoms with Crippen molar-refractivity contribution < 1.29 is 18.3 Å². The Balaban J connectivity index is 2.54. The molecule has 0 saturated heterocycles. The van der Waals surface area contributed by atoms with Crippen molar-refractivity contribution in [3.63, 3.8) is 0 Å². The van der Waals surface area contributed by atoms with E-state index in [4.69, 9.17) is 0 Å². The number of aromatic hydroxyl groups is 1. The Morgan fingerprint density at radius 1 is 1.37 bits per heavy atom. The number of hydrogen-bond donors (Lipinski definition) is 3. The van der Waals surface area contributed by atoms with Gasteiger partial charge in [0.2, 0.25) is 10.0 Å². The summed E-state index contributed by atoms with van der Waals surface area (Å²) in [6.07, 6.45) is 0. The van der Waals surface area contributed by atoms with Gasteiger partial charge in [-0.05, 0) is 24.6 Å². The smallest absolute Gasteiger partial charge is 0.251 e. The monoisotopic (exact) mass is 286 g/mol. The lowest BCUT2D eigenvalue weighted by Crippen LogP contribution is -2.34. The molecule has 1 amide bonds. The van der Waals surface area contributed by atoms with Crippen LogP contribution in [-0.2, 0) is 10.0 Å². The summed E-state index contributed by atoms with van der Waals surface area (Å²) in [5, 5.41) is 12.0. The Bertz CT molecular complexity index is 555. The van der Waals surface area contributed by atoms with Crippen molar-refractivity contribution in [3.8, 4) is 5.75 Å². The van der Waals surface area contributed by atoms with E-state index in [-0.39, 0.29) is 18.0 Å². The molecule has 0 saturated carbocycles. The number of nitrogens with one attached hydrogen (secondary N) is 2. The number of aryl methyl sites for hydroxylation is 1. The van der Waals surface area contributed by atoms with Crippen molar-refractivity contribution in [1.29, 1.82) is 0 Å². The molecule has 0 aromatic heterocycles. The van der Waals surface area contributed by atoms with E-state index in [1.54, 1.807) is 26.0 Å². The molecule has 1 aromatic rings. The lowest BCUT2D eigenvalue weighted by Gasteiger charge is -2.07. The molecule has 6 nitrogen and oxygen atoms in total. The van der Waals surface area contributed by atoms with Crippen LogP contribution in [0.15, 0.2) is 18.2 Å². The molecular formula is C12H18N2O4S. The van der Waals surface area contributed by atoms with Gasteiger partial charge in [0, 0.05) is 18.7 Å². The van der Waals surface area contributed by atoms with Crippen LogP contribution in [0.25, 0.3) is 0 Å². The molecule has 7 heteroatoms. The summed E-state index contributed by atoms with van der Waals surface area (Å²) in [4.78, 5) is 11.7. The summed E-state index contributed by atoms with van der Waals surface area (Å²) in [6, 6.07) is 4.55. The molecule has 0 radical (unpaired) electrons. The summed E-state index contributed by atoms with van der Waals surface area (Å²) in [5.41, 5.74) is 0.968. The topological polar surface area (TPSA) is 95.5 Å². The molecule has 0 heterocycles. The van der Waals surface area contributed by atoms with Gasteiger partial charge >= 0.3 is 0 Å². The molecule has 0 aliphatic heterocycles. The standard InChI is InChI=1S/C12H18N2O4S/c1-3-14-19(17,18)7-6-13-12(16)10-5-4-9(2)11(15)8-10/h4-5,8,14-15H,3,6-7H2,1-2H3,(H,13,16). The highest BCUT2D eigenvalue weighted by molar-refractivity contribution is 7.89. The zero-order valence-electron chi connectivity index (χ0n) is 10.9. The number of rotatable bonds is 6. The Labute approximate surface area is 112 Å². The van der Waals surface area contributed by atoms with E-state index in [0.29, 0.717) is 17.7 Å². The van der Waals surface area contributed by atoms with Crippen LogP contribution in [0.2, 0.25) is 0 Å². The highest BCUT2D eigenvalue weighted by atomic mass is 32.2. The number of carbonyl (C=O) groups excluding carboxylic acids is 1. The molecule has 1 aromatic carbocycles. The fourth-order valence-corrected chi connectivity index (χ4v) is 2.40. The third-order valence-corrected chi connectivity index (χ3v) is 3.96.